The zero-order valence-electron chi connectivity index (χ0n) is 9.44. The van der Waals surface area contributed by atoms with Crippen LogP contribution in [0, 0.1) is 0 Å². The van der Waals surface area contributed by atoms with Crippen LogP contribution in [0.3, 0.4) is 0 Å². The fourth-order valence-electron chi connectivity index (χ4n) is 1.86. The standard InChI is InChI=1S/C12H16N2O3/c15-6-10(7-16)13-9-2-3-11-8(5-9)1-4-12(17)14-11/h2-3,5,10,13,15-16H,1,4,6-7H2,(H,14,17). The van der Waals surface area contributed by atoms with Crippen LogP contribution < -0.4 is 10.6 Å². The lowest BCUT2D eigenvalue weighted by atomic mass is 10.0. The molecule has 0 radical (unpaired) electrons. The van der Waals surface area contributed by atoms with E-state index in [1.54, 1.807) is 0 Å². The van der Waals surface area contributed by atoms with Gasteiger partial charge in [0.25, 0.3) is 0 Å². The fourth-order valence-corrected chi connectivity index (χ4v) is 1.86. The highest BCUT2D eigenvalue weighted by molar-refractivity contribution is 5.94. The molecule has 1 aliphatic heterocycles. The van der Waals surface area contributed by atoms with E-state index in [1.165, 1.54) is 0 Å². The van der Waals surface area contributed by atoms with Gasteiger partial charge in [-0.05, 0) is 30.2 Å². The Bertz CT molecular complexity index is 416. The van der Waals surface area contributed by atoms with Crippen LogP contribution in [-0.2, 0) is 11.2 Å². The van der Waals surface area contributed by atoms with Crippen molar-refractivity contribution in [3.8, 4) is 0 Å². The molecule has 0 bridgehead atoms. The average molecular weight is 236 g/mol. The number of aryl methyl sites for hydroxylation is 1. The molecule has 0 saturated carbocycles. The Hall–Kier alpha value is -1.59. The molecule has 0 spiro atoms. The van der Waals surface area contributed by atoms with E-state index in [0.717, 1.165) is 23.4 Å². The second kappa shape index (κ2) is 5.16. The summed E-state index contributed by atoms with van der Waals surface area (Å²) in [5.41, 5.74) is 2.76. The zero-order chi connectivity index (χ0) is 12.3. The third-order valence-corrected chi connectivity index (χ3v) is 2.81. The quantitative estimate of drug-likeness (QED) is 0.607. The molecule has 0 unspecified atom stereocenters. The molecule has 1 aliphatic rings. The number of fused-ring (bicyclic) bond motifs is 1. The number of rotatable bonds is 4. The number of carbonyl (C=O) groups excluding carboxylic acids is 1. The Morgan fingerprint density at radius 3 is 2.76 bits per heavy atom. The van der Waals surface area contributed by atoms with Crippen LogP contribution in [0.4, 0.5) is 11.4 Å². The number of hydrogen-bond donors (Lipinski definition) is 4. The second-order valence-electron chi connectivity index (χ2n) is 4.13. The van der Waals surface area contributed by atoms with Crippen LogP contribution in [0.25, 0.3) is 0 Å². The first-order chi connectivity index (χ1) is 8.22. The van der Waals surface area contributed by atoms with Gasteiger partial charge in [0.2, 0.25) is 5.91 Å². The summed E-state index contributed by atoms with van der Waals surface area (Å²) in [5.74, 6) is 0.0433. The molecule has 1 amide bonds. The summed E-state index contributed by atoms with van der Waals surface area (Å²) in [6, 6.07) is 5.24. The summed E-state index contributed by atoms with van der Waals surface area (Å²) < 4.78 is 0. The zero-order valence-corrected chi connectivity index (χ0v) is 9.44. The normalized spacial score (nSPS) is 14.4. The van der Waals surface area contributed by atoms with Gasteiger partial charge in [0, 0.05) is 17.8 Å². The maximum atomic E-state index is 11.2. The van der Waals surface area contributed by atoms with Crippen molar-refractivity contribution < 1.29 is 15.0 Å². The van der Waals surface area contributed by atoms with E-state index in [1.807, 2.05) is 18.2 Å². The first-order valence-corrected chi connectivity index (χ1v) is 5.64. The van der Waals surface area contributed by atoms with Crippen molar-refractivity contribution in [3.05, 3.63) is 23.8 Å². The van der Waals surface area contributed by atoms with Gasteiger partial charge in [-0.3, -0.25) is 4.79 Å². The second-order valence-corrected chi connectivity index (χ2v) is 4.13. The Morgan fingerprint density at radius 2 is 2.06 bits per heavy atom. The van der Waals surface area contributed by atoms with Gasteiger partial charge in [-0.2, -0.15) is 0 Å². The molecule has 0 fully saturated rings. The molecule has 17 heavy (non-hydrogen) atoms. The minimum Gasteiger partial charge on any atom is -0.394 e. The van der Waals surface area contributed by atoms with E-state index in [-0.39, 0.29) is 25.2 Å². The van der Waals surface area contributed by atoms with Crippen molar-refractivity contribution in [1.29, 1.82) is 0 Å². The van der Waals surface area contributed by atoms with E-state index in [9.17, 15) is 4.79 Å². The van der Waals surface area contributed by atoms with Crippen LogP contribution in [0.2, 0.25) is 0 Å². The highest BCUT2D eigenvalue weighted by Gasteiger charge is 2.15. The molecule has 1 aromatic carbocycles. The van der Waals surface area contributed by atoms with Gasteiger partial charge in [0.1, 0.15) is 0 Å². The molecule has 2 rings (SSSR count). The molecule has 5 nitrogen and oxygen atoms in total. The molecule has 92 valence electrons. The molecule has 0 aliphatic carbocycles. The van der Waals surface area contributed by atoms with Gasteiger partial charge in [0.05, 0.1) is 19.3 Å². The van der Waals surface area contributed by atoms with Gasteiger partial charge < -0.3 is 20.8 Å². The van der Waals surface area contributed by atoms with Gasteiger partial charge in [-0.25, -0.2) is 0 Å². The van der Waals surface area contributed by atoms with Crippen molar-refractivity contribution in [2.75, 3.05) is 23.8 Å². The molecular weight excluding hydrogens is 220 g/mol. The lowest BCUT2D eigenvalue weighted by Crippen LogP contribution is -2.28. The van der Waals surface area contributed by atoms with Gasteiger partial charge >= 0.3 is 0 Å². The highest BCUT2D eigenvalue weighted by Crippen LogP contribution is 2.25. The summed E-state index contributed by atoms with van der Waals surface area (Å²) in [6.45, 7) is -0.241. The van der Waals surface area contributed by atoms with Crippen LogP contribution in [0.15, 0.2) is 18.2 Å². The van der Waals surface area contributed by atoms with Gasteiger partial charge in [-0.1, -0.05) is 0 Å². The Labute approximate surface area is 99.5 Å². The van der Waals surface area contributed by atoms with Crippen LogP contribution in [-0.4, -0.2) is 35.4 Å². The van der Waals surface area contributed by atoms with E-state index in [4.69, 9.17) is 10.2 Å². The maximum absolute atomic E-state index is 11.2. The average Bonchev–Trinajstić information content (AvgIpc) is 2.36. The minimum atomic E-state index is -0.355. The molecular formula is C12H16N2O3. The molecule has 4 N–H and O–H groups in total. The number of hydrogen-bond acceptors (Lipinski definition) is 4. The van der Waals surface area contributed by atoms with Crippen LogP contribution in [0.5, 0.6) is 0 Å². The number of benzene rings is 1. The predicted octanol–water partition coefficient (Wildman–Crippen LogP) is 0.336. The van der Waals surface area contributed by atoms with E-state index in [2.05, 4.69) is 10.6 Å². The topological polar surface area (TPSA) is 81.6 Å². The number of amides is 1. The Balaban J connectivity index is 2.13. The molecule has 1 aromatic rings. The Morgan fingerprint density at radius 1 is 1.29 bits per heavy atom. The summed E-state index contributed by atoms with van der Waals surface area (Å²) >= 11 is 0. The number of nitrogens with one attached hydrogen (secondary N) is 2. The summed E-state index contributed by atoms with van der Waals surface area (Å²) in [4.78, 5) is 11.2. The summed E-state index contributed by atoms with van der Waals surface area (Å²) in [5, 5.41) is 23.8. The monoisotopic (exact) mass is 236 g/mol. The smallest absolute Gasteiger partial charge is 0.224 e. The predicted molar refractivity (Wildman–Crippen MR) is 65.0 cm³/mol. The van der Waals surface area contributed by atoms with Gasteiger partial charge in [-0.15, -0.1) is 0 Å². The van der Waals surface area contributed by atoms with Crippen LogP contribution >= 0.6 is 0 Å². The molecule has 5 heteroatoms. The fraction of sp³-hybridized carbons (Fsp3) is 0.417. The molecule has 0 atom stereocenters. The van der Waals surface area contributed by atoms with Crippen molar-refractivity contribution >= 4 is 17.3 Å². The maximum Gasteiger partial charge on any atom is 0.224 e. The largest absolute Gasteiger partial charge is 0.394 e. The third-order valence-electron chi connectivity index (χ3n) is 2.81. The van der Waals surface area contributed by atoms with E-state index >= 15 is 0 Å². The summed E-state index contributed by atoms with van der Waals surface area (Å²) in [6.07, 6.45) is 1.22. The molecule has 1 heterocycles. The number of aliphatic hydroxyl groups is 2. The number of carbonyl (C=O) groups is 1. The first kappa shape index (κ1) is 11.9. The number of anilines is 2. The first-order valence-electron chi connectivity index (χ1n) is 5.64. The SMILES string of the molecule is O=C1CCc2cc(NC(CO)CO)ccc2N1. The van der Waals surface area contributed by atoms with E-state index in [0.29, 0.717) is 6.42 Å². The van der Waals surface area contributed by atoms with Gasteiger partial charge in [0.15, 0.2) is 0 Å². The lowest BCUT2D eigenvalue weighted by Gasteiger charge is -2.20. The van der Waals surface area contributed by atoms with Crippen molar-refractivity contribution in [1.82, 2.24) is 0 Å². The highest BCUT2D eigenvalue weighted by atomic mass is 16.3. The number of aliphatic hydroxyl groups excluding tert-OH is 2. The van der Waals surface area contributed by atoms with E-state index < -0.39 is 0 Å². The molecule has 0 saturated heterocycles. The lowest BCUT2D eigenvalue weighted by molar-refractivity contribution is -0.116. The Kier molecular flexibility index (Phi) is 3.61. The third kappa shape index (κ3) is 2.75. The molecule has 0 aromatic heterocycles. The van der Waals surface area contributed by atoms with Crippen molar-refractivity contribution in [3.63, 3.8) is 0 Å². The van der Waals surface area contributed by atoms with Crippen LogP contribution in [0.1, 0.15) is 12.0 Å². The van der Waals surface area contributed by atoms with Crippen molar-refractivity contribution in [2.24, 2.45) is 0 Å². The summed E-state index contributed by atoms with van der Waals surface area (Å²) in [7, 11) is 0. The minimum absolute atomic E-state index is 0.0433. The van der Waals surface area contributed by atoms with Crippen molar-refractivity contribution in [2.45, 2.75) is 18.9 Å².